The van der Waals surface area contributed by atoms with E-state index in [0.717, 1.165) is 39.1 Å². The van der Waals surface area contributed by atoms with E-state index in [2.05, 4.69) is 10.2 Å². The normalized spacial score (nSPS) is 21.7. The Balaban J connectivity index is 1.69. The largest absolute Gasteiger partial charge is 0.507 e. The number of hydrogen-bond donors (Lipinski definition) is 2. The van der Waals surface area contributed by atoms with E-state index in [9.17, 15) is 9.90 Å². The summed E-state index contributed by atoms with van der Waals surface area (Å²) in [5.74, 6) is -0.157. The Labute approximate surface area is 137 Å². The fourth-order valence-corrected chi connectivity index (χ4v) is 3.86. The lowest BCUT2D eigenvalue weighted by Gasteiger charge is -2.48. The van der Waals surface area contributed by atoms with Crippen molar-refractivity contribution in [3.8, 4) is 5.75 Å². The molecular weight excluding hydrogens is 292 g/mol. The molecule has 5 nitrogen and oxygen atoms in total. The number of nitrogens with one attached hydrogen (secondary N) is 1. The smallest absolute Gasteiger partial charge is 0.255 e. The fourth-order valence-electron chi connectivity index (χ4n) is 3.86. The summed E-state index contributed by atoms with van der Waals surface area (Å²) in [4.78, 5) is 14.9. The van der Waals surface area contributed by atoms with Gasteiger partial charge in [-0.1, -0.05) is 31.4 Å². The van der Waals surface area contributed by atoms with Gasteiger partial charge in [-0.2, -0.15) is 0 Å². The van der Waals surface area contributed by atoms with Crippen molar-refractivity contribution in [3.63, 3.8) is 0 Å². The topological polar surface area (TPSA) is 61.8 Å². The summed E-state index contributed by atoms with van der Waals surface area (Å²) >= 11 is 0. The third-order valence-corrected chi connectivity index (χ3v) is 5.19. The monoisotopic (exact) mass is 318 g/mol. The van der Waals surface area contributed by atoms with Crippen molar-refractivity contribution in [2.45, 2.75) is 37.6 Å². The number of amides is 1. The van der Waals surface area contributed by atoms with Gasteiger partial charge in [0.1, 0.15) is 5.75 Å². The number of para-hydroxylation sites is 1. The number of phenols is 1. The lowest BCUT2D eigenvalue weighted by Crippen LogP contribution is -2.59. The second kappa shape index (κ2) is 7.32. The zero-order valence-electron chi connectivity index (χ0n) is 13.6. The Bertz CT molecular complexity index is 535. The van der Waals surface area contributed by atoms with Crippen molar-refractivity contribution in [2.75, 3.05) is 32.8 Å². The molecule has 23 heavy (non-hydrogen) atoms. The molecule has 1 heterocycles. The Morgan fingerprint density at radius 1 is 1.17 bits per heavy atom. The molecule has 1 amide bonds. The zero-order valence-corrected chi connectivity index (χ0v) is 13.6. The van der Waals surface area contributed by atoms with Crippen molar-refractivity contribution in [1.29, 1.82) is 0 Å². The average molecular weight is 318 g/mol. The second-order valence-corrected chi connectivity index (χ2v) is 6.58. The molecule has 0 radical (unpaired) electrons. The van der Waals surface area contributed by atoms with Crippen LogP contribution in [0.5, 0.6) is 5.75 Å². The highest BCUT2D eigenvalue weighted by atomic mass is 16.5. The van der Waals surface area contributed by atoms with Crippen LogP contribution in [0.3, 0.4) is 0 Å². The van der Waals surface area contributed by atoms with E-state index in [1.165, 1.54) is 19.3 Å². The molecule has 1 aliphatic carbocycles. The first kappa shape index (κ1) is 16.3. The summed E-state index contributed by atoms with van der Waals surface area (Å²) in [7, 11) is 0. The second-order valence-electron chi connectivity index (χ2n) is 6.58. The highest BCUT2D eigenvalue weighted by molar-refractivity contribution is 5.96. The zero-order chi connectivity index (χ0) is 16.1. The van der Waals surface area contributed by atoms with Gasteiger partial charge in [-0.25, -0.2) is 0 Å². The molecule has 126 valence electrons. The van der Waals surface area contributed by atoms with Crippen LogP contribution in [0.1, 0.15) is 42.5 Å². The SMILES string of the molecule is O=C(NCC1(N2CCOCC2)CCCCC1)c1ccccc1O. The predicted molar refractivity (Wildman–Crippen MR) is 88.6 cm³/mol. The van der Waals surface area contributed by atoms with Gasteiger partial charge in [0.25, 0.3) is 5.91 Å². The van der Waals surface area contributed by atoms with Crippen LogP contribution in [-0.4, -0.2) is 54.3 Å². The minimum absolute atomic E-state index is 0.0362. The first-order valence-electron chi connectivity index (χ1n) is 8.60. The number of morpholine rings is 1. The van der Waals surface area contributed by atoms with E-state index in [1.54, 1.807) is 24.3 Å². The Kier molecular flexibility index (Phi) is 5.18. The van der Waals surface area contributed by atoms with E-state index >= 15 is 0 Å². The number of nitrogens with zero attached hydrogens (tertiary/aromatic N) is 1. The van der Waals surface area contributed by atoms with Gasteiger partial charge in [-0.3, -0.25) is 9.69 Å². The first-order chi connectivity index (χ1) is 11.2. The summed E-state index contributed by atoms with van der Waals surface area (Å²) in [6, 6.07) is 6.70. The molecule has 2 N–H and O–H groups in total. The number of phenolic OH excluding ortho intramolecular Hbond substituents is 1. The number of carbonyl (C=O) groups excluding carboxylic acids is 1. The van der Waals surface area contributed by atoms with Crippen molar-refractivity contribution in [2.24, 2.45) is 0 Å². The Hall–Kier alpha value is -1.59. The summed E-state index contributed by atoms with van der Waals surface area (Å²) in [6.07, 6.45) is 5.94. The molecule has 3 rings (SSSR count). The molecule has 0 bridgehead atoms. The summed E-state index contributed by atoms with van der Waals surface area (Å²) in [5.41, 5.74) is 0.391. The van der Waals surface area contributed by atoms with E-state index in [-0.39, 0.29) is 17.2 Å². The van der Waals surface area contributed by atoms with Gasteiger partial charge < -0.3 is 15.2 Å². The Morgan fingerprint density at radius 3 is 2.57 bits per heavy atom. The van der Waals surface area contributed by atoms with Crippen LogP contribution >= 0.6 is 0 Å². The number of carbonyl (C=O) groups is 1. The van der Waals surface area contributed by atoms with Gasteiger partial charge in [-0.15, -0.1) is 0 Å². The fraction of sp³-hybridized carbons (Fsp3) is 0.611. The van der Waals surface area contributed by atoms with Crippen LogP contribution in [0.15, 0.2) is 24.3 Å². The minimum Gasteiger partial charge on any atom is -0.507 e. The van der Waals surface area contributed by atoms with Crippen molar-refractivity contribution in [3.05, 3.63) is 29.8 Å². The molecule has 0 unspecified atom stereocenters. The van der Waals surface area contributed by atoms with Crippen LogP contribution in [0.4, 0.5) is 0 Å². The van der Waals surface area contributed by atoms with Gasteiger partial charge >= 0.3 is 0 Å². The molecule has 1 saturated heterocycles. The first-order valence-corrected chi connectivity index (χ1v) is 8.60. The van der Waals surface area contributed by atoms with Crippen molar-refractivity contribution < 1.29 is 14.6 Å². The van der Waals surface area contributed by atoms with Gasteiger partial charge in [0.05, 0.1) is 18.8 Å². The highest BCUT2D eigenvalue weighted by Gasteiger charge is 2.38. The molecule has 1 saturated carbocycles. The standard InChI is InChI=1S/C18H26N2O3/c21-16-7-3-2-6-15(16)17(22)19-14-18(8-4-1-5-9-18)20-10-12-23-13-11-20/h2-3,6-7,21H,1,4-5,8-14H2,(H,19,22). The van der Waals surface area contributed by atoms with Crippen LogP contribution in [0.2, 0.25) is 0 Å². The van der Waals surface area contributed by atoms with E-state index in [4.69, 9.17) is 4.74 Å². The molecule has 5 heteroatoms. The van der Waals surface area contributed by atoms with Crippen LogP contribution < -0.4 is 5.32 Å². The van der Waals surface area contributed by atoms with Gasteiger partial charge in [0.2, 0.25) is 0 Å². The van der Waals surface area contributed by atoms with Gasteiger partial charge in [0, 0.05) is 25.2 Å². The van der Waals surface area contributed by atoms with E-state index < -0.39 is 0 Å². The molecule has 0 aromatic heterocycles. The minimum atomic E-state index is -0.193. The number of aromatic hydroxyl groups is 1. The maximum atomic E-state index is 12.4. The molecule has 2 aliphatic rings. The van der Waals surface area contributed by atoms with Gasteiger partial charge in [0.15, 0.2) is 0 Å². The predicted octanol–water partition coefficient (Wildman–Crippen LogP) is 2.16. The molecule has 0 atom stereocenters. The van der Waals surface area contributed by atoms with Crippen LogP contribution in [-0.2, 0) is 4.74 Å². The maximum absolute atomic E-state index is 12.4. The number of hydrogen-bond acceptors (Lipinski definition) is 4. The van der Waals surface area contributed by atoms with Crippen molar-refractivity contribution >= 4 is 5.91 Å². The molecule has 1 aromatic rings. The number of rotatable bonds is 4. The van der Waals surface area contributed by atoms with Crippen molar-refractivity contribution in [1.82, 2.24) is 10.2 Å². The molecule has 2 fully saturated rings. The quantitative estimate of drug-likeness (QED) is 0.893. The third-order valence-electron chi connectivity index (χ3n) is 5.19. The number of ether oxygens (including phenoxy) is 1. The molecule has 1 aliphatic heterocycles. The summed E-state index contributed by atoms with van der Waals surface area (Å²) in [6.45, 7) is 4.06. The lowest BCUT2D eigenvalue weighted by molar-refractivity contribution is -0.0361. The average Bonchev–Trinajstić information content (AvgIpc) is 2.62. The van der Waals surface area contributed by atoms with Crippen LogP contribution in [0, 0.1) is 0 Å². The molecule has 1 aromatic carbocycles. The highest BCUT2D eigenvalue weighted by Crippen LogP contribution is 2.34. The van der Waals surface area contributed by atoms with Gasteiger partial charge in [-0.05, 0) is 25.0 Å². The van der Waals surface area contributed by atoms with E-state index in [1.807, 2.05) is 0 Å². The third kappa shape index (κ3) is 3.67. The summed E-state index contributed by atoms with van der Waals surface area (Å²) in [5, 5.41) is 12.9. The van der Waals surface area contributed by atoms with Crippen LogP contribution in [0.25, 0.3) is 0 Å². The Morgan fingerprint density at radius 2 is 1.87 bits per heavy atom. The summed E-state index contributed by atoms with van der Waals surface area (Å²) < 4.78 is 5.48. The maximum Gasteiger partial charge on any atom is 0.255 e. The molecular formula is C18H26N2O3. The van der Waals surface area contributed by atoms with E-state index in [0.29, 0.717) is 12.1 Å². The lowest BCUT2D eigenvalue weighted by atomic mass is 9.79. The molecule has 0 spiro atoms. The number of benzene rings is 1.